The monoisotopic (exact) mass is 1780 g/mol. The molecule has 0 aliphatic heterocycles. The number of aromatic nitrogens is 10. The Labute approximate surface area is 796 Å². The average molecular weight is 1780 g/mol. The number of nitrogens with zero attached hydrogens (tertiary/aromatic N) is 10. The molecule has 0 N–H and O–H groups in total. The van der Waals surface area contributed by atoms with Crippen LogP contribution in [0.25, 0.3) is 265 Å². The maximum atomic E-state index is 6.90. The van der Waals surface area contributed by atoms with E-state index in [1.807, 2.05) is 121 Å². The number of benzene rings is 20. The van der Waals surface area contributed by atoms with Crippen molar-refractivity contribution >= 4 is 141 Å². The first-order chi connectivity index (χ1) is 68.4. The van der Waals surface area contributed by atoms with Crippen LogP contribution < -0.4 is 0 Å². The van der Waals surface area contributed by atoms with Gasteiger partial charge in [-0.05, 0) is 185 Å². The molecule has 0 spiro atoms. The van der Waals surface area contributed by atoms with Crippen LogP contribution in [0.2, 0.25) is 0 Å². The van der Waals surface area contributed by atoms with Crippen molar-refractivity contribution in [1.82, 2.24) is 48.2 Å². The number of para-hydroxylation sites is 7. The third-order valence-corrected chi connectivity index (χ3v) is 28.4. The highest BCUT2D eigenvalue weighted by molar-refractivity contribution is 7.26. The summed E-state index contributed by atoms with van der Waals surface area (Å²) in [6.45, 7) is 0. The molecule has 0 saturated heterocycles. The Kier molecular flexibility index (Phi) is 18.9. The number of rotatable bonds is 14. The van der Waals surface area contributed by atoms with E-state index in [1.54, 1.807) is 0 Å². The van der Waals surface area contributed by atoms with Crippen molar-refractivity contribution < 1.29 is 4.42 Å². The lowest BCUT2D eigenvalue weighted by Gasteiger charge is -2.09. The van der Waals surface area contributed by atoms with E-state index in [1.165, 1.54) is 114 Å². The van der Waals surface area contributed by atoms with Gasteiger partial charge in [0, 0.05) is 136 Å². The number of fused-ring (bicyclic) bond motifs is 18. The van der Waals surface area contributed by atoms with Crippen LogP contribution in [-0.4, -0.2) is 48.2 Å². The van der Waals surface area contributed by atoms with Crippen molar-refractivity contribution in [2.75, 3.05) is 0 Å². The first-order valence-electron chi connectivity index (χ1n) is 46.5. The number of furan rings is 1. The van der Waals surface area contributed by atoms with Crippen LogP contribution >= 0.6 is 11.3 Å². The van der Waals surface area contributed by atoms with Gasteiger partial charge in [-0.3, -0.25) is 0 Å². The Morgan fingerprint density at radius 2 is 0.420 bits per heavy atom. The zero-order chi connectivity index (χ0) is 90.8. The fraction of sp³-hybridized carbons (Fsp3) is 0. The van der Waals surface area contributed by atoms with Gasteiger partial charge < -0.3 is 22.7 Å². The summed E-state index contributed by atoms with van der Waals surface area (Å²) in [6.07, 6.45) is 0. The summed E-state index contributed by atoms with van der Waals surface area (Å²) in [5.41, 5.74) is 30.3. The fourth-order valence-electron chi connectivity index (χ4n) is 20.8. The van der Waals surface area contributed by atoms with Gasteiger partial charge >= 0.3 is 0 Å². The van der Waals surface area contributed by atoms with Crippen molar-refractivity contribution in [3.63, 3.8) is 0 Å². The first kappa shape index (κ1) is 79.4. The van der Waals surface area contributed by atoms with E-state index < -0.39 is 0 Å². The molecule has 28 rings (SSSR count). The second kappa shape index (κ2) is 32.8. The zero-order valence-corrected chi connectivity index (χ0v) is 75.1. The van der Waals surface area contributed by atoms with Crippen molar-refractivity contribution in [3.05, 3.63) is 473 Å². The Balaban J connectivity index is 0.000000139. The van der Waals surface area contributed by atoms with Crippen LogP contribution in [0.15, 0.2) is 478 Å². The highest BCUT2D eigenvalue weighted by Crippen LogP contribution is 2.49. The summed E-state index contributed by atoms with van der Waals surface area (Å²) >= 11 is 1.81. The van der Waals surface area contributed by atoms with Crippen LogP contribution in [-0.2, 0) is 0 Å². The molecule has 20 aromatic carbocycles. The fourth-order valence-corrected chi connectivity index (χ4v) is 22.2. The quantitative estimate of drug-likeness (QED) is 0.107. The van der Waals surface area contributed by atoms with E-state index in [0.717, 1.165) is 116 Å². The van der Waals surface area contributed by atoms with E-state index in [-0.39, 0.29) is 0 Å². The van der Waals surface area contributed by atoms with Gasteiger partial charge in [0.15, 0.2) is 34.9 Å². The molecule has 0 saturated carbocycles. The minimum atomic E-state index is 0.591. The standard InChI is InChI=1S/C63H39N5O.C63H39N5S/c1-5-17-40(18-6-1)61-64-62(41-19-7-2-8-20-41)66-63(65-61)50-28-16-30-58-59(50)49-27-15-26-47(60(49)69-58)44-33-36-57-53(39-44)52-38-43(32-35-56(52)68(57)46-23-11-4-12-24-46)42-31-34-55-51(37-42)48-25-13-14-29-54(48)67(55)45-21-9-3-10-22-45;1-5-17-40(18-6-1)61-64-62(41-19-7-2-8-20-41)66-63(65-61)51-29-16-28-50-49-27-15-26-47(59(49)69-60(50)51)44-33-36-58-54(39-44)53-38-43(32-35-57(53)68(58)46-23-11-4-12-24-46)42-31-34-56-52(37-42)48-25-13-14-30-55(48)67(56)45-21-9-3-10-22-45/h2*1-39H. The van der Waals surface area contributed by atoms with Gasteiger partial charge in [0.25, 0.3) is 0 Å². The molecule has 0 radical (unpaired) electrons. The second-order valence-corrected chi connectivity index (χ2v) is 36.1. The Hall–Kier alpha value is -18.4. The molecular formula is C126H78N10OS. The lowest BCUT2D eigenvalue weighted by molar-refractivity contribution is 0.670. The molecule has 0 amide bonds. The summed E-state index contributed by atoms with van der Waals surface area (Å²) in [4.78, 5) is 30.4. The highest BCUT2D eigenvalue weighted by Gasteiger charge is 2.26. The maximum Gasteiger partial charge on any atom is 0.165 e. The summed E-state index contributed by atoms with van der Waals surface area (Å²) in [5, 5.41) is 14.1. The van der Waals surface area contributed by atoms with Crippen LogP contribution in [0.3, 0.4) is 0 Å². The summed E-state index contributed by atoms with van der Waals surface area (Å²) in [6, 6.07) is 168. The molecule has 12 heteroatoms. The summed E-state index contributed by atoms with van der Waals surface area (Å²) < 4.78 is 18.8. The molecule has 0 unspecified atom stereocenters. The van der Waals surface area contributed by atoms with Crippen molar-refractivity contribution in [3.8, 4) is 136 Å². The Morgan fingerprint density at radius 1 is 0.167 bits per heavy atom. The molecule has 0 aliphatic rings. The summed E-state index contributed by atoms with van der Waals surface area (Å²) in [5.74, 6) is 3.79. The number of hydrogen-bond acceptors (Lipinski definition) is 8. The topological polar surface area (TPSA) is 110 Å². The van der Waals surface area contributed by atoms with Gasteiger partial charge in [0.05, 0.1) is 44.1 Å². The van der Waals surface area contributed by atoms with Gasteiger partial charge in [-0.25, -0.2) is 29.9 Å². The van der Waals surface area contributed by atoms with Crippen LogP contribution in [0.1, 0.15) is 0 Å². The van der Waals surface area contributed by atoms with E-state index in [0.29, 0.717) is 34.9 Å². The predicted molar refractivity (Wildman–Crippen MR) is 572 cm³/mol. The van der Waals surface area contributed by atoms with E-state index in [2.05, 4.69) is 382 Å². The van der Waals surface area contributed by atoms with Gasteiger partial charge in [0.1, 0.15) is 11.2 Å². The predicted octanol–water partition coefficient (Wildman–Crippen LogP) is 33.1. The lowest BCUT2D eigenvalue weighted by Crippen LogP contribution is -2.00. The average Bonchev–Trinajstić information content (AvgIpc) is 1.59. The third-order valence-electron chi connectivity index (χ3n) is 27.1. The van der Waals surface area contributed by atoms with Crippen molar-refractivity contribution in [2.45, 2.75) is 0 Å². The smallest absolute Gasteiger partial charge is 0.165 e. The summed E-state index contributed by atoms with van der Waals surface area (Å²) in [7, 11) is 0. The maximum absolute atomic E-state index is 6.90. The highest BCUT2D eigenvalue weighted by atomic mass is 32.1. The third kappa shape index (κ3) is 13.4. The largest absolute Gasteiger partial charge is 0.455 e. The Bertz CT molecular complexity index is 9250. The molecule has 138 heavy (non-hydrogen) atoms. The molecule has 0 atom stereocenters. The number of hydrogen-bond donors (Lipinski definition) is 0. The molecule has 644 valence electrons. The molecule has 8 aromatic heterocycles. The molecule has 28 aromatic rings. The zero-order valence-electron chi connectivity index (χ0n) is 74.3. The number of thiophene rings is 1. The van der Waals surface area contributed by atoms with Crippen LogP contribution in [0.4, 0.5) is 0 Å². The van der Waals surface area contributed by atoms with E-state index >= 15 is 0 Å². The van der Waals surface area contributed by atoms with Gasteiger partial charge in [-0.15, -0.1) is 11.3 Å². The SMILES string of the molecule is c1ccc(-c2nc(-c3ccccc3)nc(-c3cccc4c3sc3c(-c5ccc6c(c5)c5cc(-c7ccc8c(c7)c7ccccc7n8-c7ccccc7)ccc5n6-c5ccccc5)cccc34)n2)cc1.c1ccc(-c2nc(-c3ccccc3)nc(-c3cccc4oc5c(-c6ccc7c(c6)c6cc(-c8ccc9c(c8)c8ccccc8n9-c8ccccc8)ccc6n7-c6ccccc6)cccc5c34)n2)cc1. The molecular weight excluding hydrogens is 1700 g/mol. The first-order valence-corrected chi connectivity index (χ1v) is 47.3. The minimum Gasteiger partial charge on any atom is -0.455 e. The molecule has 11 nitrogen and oxygen atoms in total. The van der Waals surface area contributed by atoms with Crippen molar-refractivity contribution in [2.24, 2.45) is 0 Å². The molecule has 0 bridgehead atoms. The minimum absolute atomic E-state index is 0.591. The van der Waals surface area contributed by atoms with Crippen LogP contribution in [0, 0.1) is 0 Å². The molecule has 0 fully saturated rings. The Morgan fingerprint density at radius 3 is 0.797 bits per heavy atom. The van der Waals surface area contributed by atoms with Gasteiger partial charge in [-0.2, -0.15) is 0 Å². The normalized spacial score (nSPS) is 11.8. The second-order valence-electron chi connectivity index (χ2n) is 35.1. The lowest BCUT2D eigenvalue weighted by atomic mass is 9.98. The van der Waals surface area contributed by atoms with Gasteiger partial charge in [-0.1, -0.05) is 328 Å². The molecule has 8 heterocycles. The van der Waals surface area contributed by atoms with E-state index in [9.17, 15) is 0 Å². The van der Waals surface area contributed by atoms with E-state index in [4.69, 9.17) is 34.3 Å². The van der Waals surface area contributed by atoms with Gasteiger partial charge in [0.2, 0.25) is 0 Å². The van der Waals surface area contributed by atoms with Crippen LogP contribution in [0.5, 0.6) is 0 Å². The molecule has 0 aliphatic carbocycles. The van der Waals surface area contributed by atoms with Crippen molar-refractivity contribution in [1.29, 1.82) is 0 Å².